The summed E-state index contributed by atoms with van der Waals surface area (Å²) in [5.41, 5.74) is 0. The molecular weight excluding hydrogens is 324 g/mol. The van der Waals surface area contributed by atoms with Crippen LogP contribution in [0.25, 0.3) is 0 Å². The second-order valence-corrected chi connectivity index (χ2v) is 6.05. The molecule has 0 saturated carbocycles. The molecule has 1 aliphatic heterocycles. The molecule has 0 bridgehead atoms. The molecule has 1 atom stereocenters. The Kier molecular flexibility index (Phi) is 12.5. The Morgan fingerprint density at radius 2 is 1.80 bits per heavy atom. The molecule has 1 aliphatic rings. The SMILES string of the molecule is CCOCCN1CCC[C@H]1C(=O)NCCOCCOCCC(=O)CC. The predicted octanol–water partition coefficient (Wildman–Crippen LogP) is 1.01. The van der Waals surface area contributed by atoms with E-state index in [-0.39, 0.29) is 17.7 Å². The molecule has 146 valence electrons. The standard InChI is InChI=1S/C18H34N2O5/c1-3-16(21)7-11-24-14-15-25-12-8-19-18(22)17-6-5-9-20(17)10-13-23-4-2/h17H,3-15H2,1-2H3,(H,19,22)/t17-/m0/s1. The quantitative estimate of drug-likeness (QED) is 0.440. The van der Waals surface area contributed by atoms with Gasteiger partial charge in [0.1, 0.15) is 5.78 Å². The summed E-state index contributed by atoms with van der Waals surface area (Å²) in [4.78, 5) is 25.5. The smallest absolute Gasteiger partial charge is 0.237 e. The number of hydrogen-bond donors (Lipinski definition) is 1. The van der Waals surface area contributed by atoms with Gasteiger partial charge in [-0.05, 0) is 26.3 Å². The van der Waals surface area contributed by atoms with Gasteiger partial charge in [-0.3, -0.25) is 14.5 Å². The van der Waals surface area contributed by atoms with E-state index < -0.39 is 0 Å². The Balaban J connectivity index is 2.00. The summed E-state index contributed by atoms with van der Waals surface area (Å²) in [6.45, 7) is 9.34. The Bertz CT molecular complexity index is 378. The summed E-state index contributed by atoms with van der Waals surface area (Å²) in [6.07, 6.45) is 2.99. The molecule has 0 aromatic rings. The first kappa shape index (κ1) is 22.0. The van der Waals surface area contributed by atoms with E-state index in [0.29, 0.717) is 59.0 Å². The van der Waals surface area contributed by atoms with Crippen molar-refractivity contribution >= 4 is 11.7 Å². The normalized spacial score (nSPS) is 17.8. The van der Waals surface area contributed by atoms with E-state index in [9.17, 15) is 9.59 Å². The van der Waals surface area contributed by atoms with Crippen LogP contribution in [0, 0.1) is 0 Å². The van der Waals surface area contributed by atoms with E-state index in [1.165, 1.54) is 0 Å². The minimum Gasteiger partial charge on any atom is -0.380 e. The Morgan fingerprint density at radius 3 is 2.52 bits per heavy atom. The van der Waals surface area contributed by atoms with Crippen LogP contribution < -0.4 is 5.32 Å². The summed E-state index contributed by atoms with van der Waals surface area (Å²) in [6, 6.07) is -0.0418. The van der Waals surface area contributed by atoms with Crippen molar-refractivity contribution in [2.45, 2.75) is 45.6 Å². The van der Waals surface area contributed by atoms with E-state index in [0.717, 1.165) is 25.9 Å². The van der Waals surface area contributed by atoms with Crippen LogP contribution in [0.5, 0.6) is 0 Å². The Morgan fingerprint density at radius 1 is 1.04 bits per heavy atom. The maximum atomic E-state index is 12.2. The molecule has 1 fully saturated rings. The first-order valence-electron chi connectivity index (χ1n) is 9.45. The first-order valence-corrected chi connectivity index (χ1v) is 9.45. The van der Waals surface area contributed by atoms with Crippen molar-refractivity contribution in [2.75, 3.05) is 59.3 Å². The lowest BCUT2D eigenvalue weighted by Gasteiger charge is -2.23. The van der Waals surface area contributed by atoms with E-state index in [2.05, 4.69) is 10.2 Å². The number of nitrogens with one attached hydrogen (secondary N) is 1. The second kappa shape index (κ2) is 14.2. The molecule has 0 aromatic carbocycles. The summed E-state index contributed by atoms with van der Waals surface area (Å²) < 4.78 is 16.1. The summed E-state index contributed by atoms with van der Waals surface area (Å²) in [5, 5.41) is 2.94. The van der Waals surface area contributed by atoms with Gasteiger partial charge in [-0.1, -0.05) is 6.92 Å². The van der Waals surface area contributed by atoms with Gasteiger partial charge < -0.3 is 19.5 Å². The van der Waals surface area contributed by atoms with Crippen LogP contribution in [0.15, 0.2) is 0 Å². The van der Waals surface area contributed by atoms with Crippen molar-refractivity contribution < 1.29 is 23.8 Å². The van der Waals surface area contributed by atoms with Gasteiger partial charge >= 0.3 is 0 Å². The van der Waals surface area contributed by atoms with Gasteiger partial charge in [0, 0.05) is 32.5 Å². The molecule has 1 rings (SSSR count). The van der Waals surface area contributed by atoms with Gasteiger partial charge in [-0.15, -0.1) is 0 Å². The fourth-order valence-corrected chi connectivity index (χ4v) is 2.77. The number of nitrogens with zero attached hydrogens (tertiary/aromatic N) is 1. The molecular formula is C18H34N2O5. The van der Waals surface area contributed by atoms with Crippen LogP contribution in [-0.4, -0.2) is 81.9 Å². The third kappa shape index (κ3) is 9.89. The third-order valence-corrected chi connectivity index (χ3v) is 4.23. The minimum atomic E-state index is -0.0418. The third-order valence-electron chi connectivity index (χ3n) is 4.23. The molecule has 0 spiro atoms. The molecule has 0 aliphatic carbocycles. The zero-order chi connectivity index (χ0) is 18.3. The number of hydrogen-bond acceptors (Lipinski definition) is 6. The molecule has 7 heteroatoms. The first-order chi connectivity index (χ1) is 12.2. The van der Waals surface area contributed by atoms with E-state index in [4.69, 9.17) is 14.2 Å². The molecule has 0 aromatic heterocycles. The number of ketones is 1. The maximum absolute atomic E-state index is 12.2. The van der Waals surface area contributed by atoms with Crippen LogP contribution >= 0.6 is 0 Å². The Hall–Kier alpha value is -1.02. The van der Waals surface area contributed by atoms with E-state index >= 15 is 0 Å². The number of carbonyl (C=O) groups is 2. The van der Waals surface area contributed by atoms with Crippen molar-refractivity contribution in [1.29, 1.82) is 0 Å². The van der Waals surface area contributed by atoms with Crippen LogP contribution in [0.3, 0.4) is 0 Å². The molecule has 1 N–H and O–H groups in total. The molecule has 0 radical (unpaired) electrons. The fraction of sp³-hybridized carbons (Fsp3) is 0.889. The number of amides is 1. The highest BCUT2D eigenvalue weighted by atomic mass is 16.5. The number of Topliss-reactive ketones (excluding diaryl/α,β-unsaturated/α-hetero) is 1. The fourth-order valence-electron chi connectivity index (χ4n) is 2.77. The zero-order valence-electron chi connectivity index (χ0n) is 15.8. The number of carbonyl (C=O) groups excluding carboxylic acids is 2. The topological polar surface area (TPSA) is 77.1 Å². The summed E-state index contributed by atoms with van der Waals surface area (Å²) >= 11 is 0. The predicted molar refractivity (Wildman–Crippen MR) is 95.7 cm³/mol. The highest BCUT2D eigenvalue weighted by Crippen LogP contribution is 2.16. The summed E-state index contributed by atoms with van der Waals surface area (Å²) in [5.74, 6) is 0.290. The lowest BCUT2D eigenvalue weighted by molar-refractivity contribution is -0.126. The number of rotatable bonds is 15. The zero-order valence-corrected chi connectivity index (χ0v) is 15.8. The minimum absolute atomic E-state index is 0.0418. The Labute approximate surface area is 151 Å². The van der Waals surface area contributed by atoms with Gasteiger partial charge in [0.25, 0.3) is 0 Å². The van der Waals surface area contributed by atoms with Gasteiger partial charge in [0.15, 0.2) is 0 Å². The average Bonchev–Trinajstić information content (AvgIpc) is 3.08. The van der Waals surface area contributed by atoms with Crippen molar-refractivity contribution in [1.82, 2.24) is 10.2 Å². The monoisotopic (exact) mass is 358 g/mol. The maximum Gasteiger partial charge on any atom is 0.237 e. The van der Waals surface area contributed by atoms with Crippen LogP contribution in [0.2, 0.25) is 0 Å². The van der Waals surface area contributed by atoms with Crippen molar-refractivity contribution in [3.05, 3.63) is 0 Å². The van der Waals surface area contributed by atoms with Gasteiger partial charge in [-0.25, -0.2) is 0 Å². The van der Waals surface area contributed by atoms with Crippen LogP contribution in [0.4, 0.5) is 0 Å². The molecule has 7 nitrogen and oxygen atoms in total. The average molecular weight is 358 g/mol. The molecule has 0 unspecified atom stereocenters. The summed E-state index contributed by atoms with van der Waals surface area (Å²) in [7, 11) is 0. The lowest BCUT2D eigenvalue weighted by atomic mass is 10.2. The van der Waals surface area contributed by atoms with Gasteiger partial charge in [0.05, 0.1) is 39.1 Å². The molecule has 1 heterocycles. The van der Waals surface area contributed by atoms with Crippen molar-refractivity contribution in [2.24, 2.45) is 0 Å². The van der Waals surface area contributed by atoms with Crippen molar-refractivity contribution in [3.8, 4) is 0 Å². The molecule has 1 amide bonds. The largest absolute Gasteiger partial charge is 0.380 e. The lowest BCUT2D eigenvalue weighted by Crippen LogP contribution is -2.45. The second-order valence-electron chi connectivity index (χ2n) is 6.05. The van der Waals surface area contributed by atoms with Gasteiger partial charge in [-0.2, -0.15) is 0 Å². The van der Waals surface area contributed by atoms with Crippen molar-refractivity contribution in [3.63, 3.8) is 0 Å². The number of likely N-dealkylation sites (tertiary alicyclic amines) is 1. The molecule has 25 heavy (non-hydrogen) atoms. The highest BCUT2D eigenvalue weighted by molar-refractivity contribution is 5.82. The van der Waals surface area contributed by atoms with Crippen LogP contribution in [-0.2, 0) is 23.8 Å². The van der Waals surface area contributed by atoms with E-state index in [1.54, 1.807) is 0 Å². The van der Waals surface area contributed by atoms with Crippen LogP contribution in [0.1, 0.15) is 39.5 Å². The highest BCUT2D eigenvalue weighted by Gasteiger charge is 2.29. The van der Waals surface area contributed by atoms with E-state index in [1.807, 2.05) is 13.8 Å². The molecule has 1 saturated heterocycles. The van der Waals surface area contributed by atoms with Gasteiger partial charge in [0.2, 0.25) is 5.91 Å². The number of ether oxygens (including phenoxy) is 3.